The minimum absolute atomic E-state index is 0.173. The van der Waals surface area contributed by atoms with E-state index >= 15 is 0 Å². The standard InChI is InChI=1S/C9H12N2O3S/c1-2-13-3-8-10-9(14-11-8)6-4-15-5-7(6)12/h6H,2-5H2,1H3. The van der Waals surface area contributed by atoms with Crippen LogP contribution < -0.4 is 0 Å². The molecule has 1 aliphatic rings. The van der Waals surface area contributed by atoms with Crippen LogP contribution in [0.1, 0.15) is 24.6 Å². The molecule has 6 heteroatoms. The minimum Gasteiger partial charge on any atom is -0.374 e. The first kappa shape index (κ1) is 10.6. The first-order chi connectivity index (χ1) is 7.31. The molecule has 0 N–H and O–H groups in total. The van der Waals surface area contributed by atoms with Gasteiger partial charge in [-0.1, -0.05) is 5.16 Å². The lowest BCUT2D eigenvalue weighted by molar-refractivity contribution is -0.117. The lowest BCUT2D eigenvalue weighted by Gasteiger charge is -1.97. The summed E-state index contributed by atoms with van der Waals surface area (Å²) in [6.07, 6.45) is 0. The fourth-order valence-corrected chi connectivity index (χ4v) is 2.43. The van der Waals surface area contributed by atoms with Gasteiger partial charge in [-0.25, -0.2) is 0 Å². The number of ether oxygens (including phenoxy) is 1. The molecule has 2 rings (SSSR count). The monoisotopic (exact) mass is 228 g/mol. The van der Waals surface area contributed by atoms with Gasteiger partial charge in [-0.05, 0) is 6.92 Å². The minimum atomic E-state index is -0.210. The summed E-state index contributed by atoms with van der Waals surface area (Å²) in [5, 5.41) is 3.76. The molecule has 0 aliphatic carbocycles. The summed E-state index contributed by atoms with van der Waals surface area (Å²) in [7, 11) is 0. The Morgan fingerprint density at radius 1 is 1.67 bits per heavy atom. The predicted octanol–water partition coefficient (Wildman–Crippen LogP) is 1.01. The largest absolute Gasteiger partial charge is 0.374 e. The number of ketones is 1. The molecule has 1 fully saturated rings. The molecule has 0 aromatic carbocycles. The molecule has 82 valence electrons. The number of carbonyl (C=O) groups excluding carboxylic acids is 1. The van der Waals surface area contributed by atoms with Crippen LogP contribution in [-0.2, 0) is 16.1 Å². The third kappa shape index (κ3) is 2.38. The maximum absolute atomic E-state index is 11.4. The molecule has 0 bridgehead atoms. The van der Waals surface area contributed by atoms with Crippen LogP contribution in [0, 0.1) is 0 Å². The van der Waals surface area contributed by atoms with Gasteiger partial charge in [0.25, 0.3) is 0 Å². The number of rotatable bonds is 4. The van der Waals surface area contributed by atoms with Gasteiger partial charge in [0.2, 0.25) is 5.89 Å². The molecule has 0 radical (unpaired) electrons. The van der Waals surface area contributed by atoms with Crippen molar-refractivity contribution in [1.29, 1.82) is 0 Å². The van der Waals surface area contributed by atoms with Crippen LogP contribution in [0.15, 0.2) is 4.52 Å². The van der Waals surface area contributed by atoms with Crippen LogP contribution >= 0.6 is 11.8 Å². The van der Waals surface area contributed by atoms with Crippen molar-refractivity contribution >= 4 is 17.5 Å². The molecule has 1 aromatic rings. The van der Waals surface area contributed by atoms with E-state index in [1.54, 1.807) is 11.8 Å². The number of carbonyl (C=O) groups is 1. The summed E-state index contributed by atoms with van der Waals surface area (Å²) in [6.45, 7) is 2.86. The summed E-state index contributed by atoms with van der Waals surface area (Å²) >= 11 is 1.60. The van der Waals surface area contributed by atoms with Crippen LogP contribution in [0.2, 0.25) is 0 Å². The summed E-state index contributed by atoms with van der Waals surface area (Å²) in [5.74, 6) is 2.20. The maximum atomic E-state index is 11.4. The Kier molecular flexibility index (Phi) is 3.37. The van der Waals surface area contributed by atoms with E-state index in [4.69, 9.17) is 9.26 Å². The molecule has 2 heterocycles. The van der Waals surface area contributed by atoms with E-state index in [0.29, 0.717) is 30.7 Å². The van der Waals surface area contributed by atoms with Gasteiger partial charge in [-0.2, -0.15) is 16.7 Å². The lowest BCUT2D eigenvalue weighted by Crippen LogP contribution is -2.09. The van der Waals surface area contributed by atoms with E-state index in [2.05, 4.69) is 10.1 Å². The van der Waals surface area contributed by atoms with Gasteiger partial charge in [0.1, 0.15) is 12.5 Å². The summed E-state index contributed by atoms with van der Waals surface area (Å²) < 4.78 is 10.2. The highest BCUT2D eigenvalue weighted by Gasteiger charge is 2.31. The smallest absolute Gasteiger partial charge is 0.238 e. The summed E-state index contributed by atoms with van der Waals surface area (Å²) in [4.78, 5) is 15.6. The average molecular weight is 228 g/mol. The molecule has 1 unspecified atom stereocenters. The Morgan fingerprint density at radius 3 is 3.20 bits per heavy atom. The fourth-order valence-electron chi connectivity index (χ4n) is 1.34. The van der Waals surface area contributed by atoms with Crippen LogP contribution in [0.5, 0.6) is 0 Å². The second-order valence-electron chi connectivity index (χ2n) is 3.22. The van der Waals surface area contributed by atoms with E-state index in [0.717, 1.165) is 5.75 Å². The Bertz CT molecular complexity index is 353. The molecule has 0 saturated carbocycles. The van der Waals surface area contributed by atoms with E-state index in [1.165, 1.54) is 0 Å². The zero-order chi connectivity index (χ0) is 10.7. The molecule has 1 saturated heterocycles. The molecule has 5 nitrogen and oxygen atoms in total. The SMILES string of the molecule is CCOCc1noc(C2CSCC2=O)n1. The Morgan fingerprint density at radius 2 is 2.53 bits per heavy atom. The second kappa shape index (κ2) is 4.76. The molecule has 1 atom stereocenters. The van der Waals surface area contributed by atoms with Crippen LogP contribution in [0.3, 0.4) is 0 Å². The molecule has 1 aromatic heterocycles. The van der Waals surface area contributed by atoms with Crippen molar-refractivity contribution in [2.45, 2.75) is 19.4 Å². The van der Waals surface area contributed by atoms with E-state index in [-0.39, 0.29) is 11.7 Å². The quantitative estimate of drug-likeness (QED) is 0.766. The van der Waals surface area contributed by atoms with Gasteiger partial charge >= 0.3 is 0 Å². The van der Waals surface area contributed by atoms with Gasteiger partial charge in [0.15, 0.2) is 11.6 Å². The van der Waals surface area contributed by atoms with Crippen molar-refractivity contribution in [1.82, 2.24) is 10.1 Å². The number of Topliss-reactive ketones (excluding diaryl/α,β-unsaturated/α-hetero) is 1. The van der Waals surface area contributed by atoms with Crippen LogP contribution in [0.4, 0.5) is 0 Å². The molecular weight excluding hydrogens is 216 g/mol. The van der Waals surface area contributed by atoms with E-state index in [9.17, 15) is 4.79 Å². The highest BCUT2D eigenvalue weighted by Crippen LogP contribution is 2.28. The average Bonchev–Trinajstić information content (AvgIpc) is 2.83. The van der Waals surface area contributed by atoms with E-state index in [1.807, 2.05) is 6.92 Å². The summed E-state index contributed by atoms with van der Waals surface area (Å²) in [5.41, 5.74) is 0. The zero-order valence-electron chi connectivity index (χ0n) is 8.43. The Balaban J connectivity index is 2.03. The third-order valence-corrected chi connectivity index (χ3v) is 3.19. The predicted molar refractivity (Wildman–Crippen MR) is 54.7 cm³/mol. The molecule has 15 heavy (non-hydrogen) atoms. The van der Waals surface area contributed by atoms with Gasteiger partial charge < -0.3 is 9.26 Å². The Labute approximate surface area is 91.6 Å². The van der Waals surface area contributed by atoms with Crippen molar-refractivity contribution in [3.63, 3.8) is 0 Å². The first-order valence-electron chi connectivity index (χ1n) is 4.82. The van der Waals surface area contributed by atoms with Crippen molar-refractivity contribution in [2.75, 3.05) is 18.1 Å². The highest BCUT2D eigenvalue weighted by atomic mass is 32.2. The van der Waals surface area contributed by atoms with Crippen molar-refractivity contribution in [3.05, 3.63) is 11.7 Å². The van der Waals surface area contributed by atoms with E-state index < -0.39 is 0 Å². The molecule has 1 aliphatic heterocycles. The van der Waals surface area contributed by atoms with Gasteiger partial charge in [-0.3, -0.25) is 4.79 Å². The van der Waals surface area contributed by atoms with Gasteiger partial charge in [0, 0.05) is 12.4 Å². The van der Waals surface area contributed by atoms with Gasteiger partial charge in [0.05, 0.1) is 5.75 Å². The normalized spacial score (nSPS) is 21.1. The lowest BCUT2D eigenvalue weighted by atomic mass is 10.1. The maximum Gasteiger partial charge on any atom is 0.238 e. The third-order valence-electron chi connectivity index (χ3n) is 2.13. The topological polar surface area (TPSA) is 65.2 Å². The fraction of sp³-hybridized carbons (Fsp3) is 0.667. The Hall–Kier alpha value is -0.880. The number of hydrogen-bond acceptors (Lipinski definition) is 6. The molecular formula is C9H12N2O3S. The summed E-state index contributed by atoms with van der Waals surface area (Å²) in [6, 6.07) is 0. The van der Waals surface area contributed by atoms with Crippen molar-refractivity contribution in [2.24, 2.45) is 0 Å². The highest BCUT2D eigenvalue weighted by molar-refractivity contribution is 8.00. The first-order valence-corrected chi connectivity index (χ1v) is 5.97. The van der Waals surface area contributed by atoms with Crippen LogP contribution in [0.25, 0.3) is 0 Å². The van der Waals surface area contributed by atoms with Crippen molar-refractivity contribution < 1.29 is 14.1 Å². The number of hydrogen-bond donors (Lipinski definition) is 0. The number of thioether (sulfide) groups is 1. The number of aromatic nitrogens is 2. The second-order valence-corrected chi connectivity index (χ2v) is 4.25. The van der Waals surface area contributed by atoms with Crippen LogP contribution in [-0.4, -0.2) is 34.0 Å². The van der Waals surface area contributed by atoms with Crippen molar-refractivity contribution in [3.8, 4) is 0 Å². The zero-order valence-corrected chi connectivity index (χ0v) is 9.25. The number of nitrogens with zero attached hydrogens (tertiary/aromatic N) is 2. The molecule has 0 spiro atoms. The van der Waals surface area contributed by atoms with Gasteiger partial charge in [-0.15, -0.1) is 0 Å². The molecule has 0 amide bonds.